The standard InChI is InChI=1S/C21H46NS/c1-5-7-9-11-13-14-15-17-19-22(3,4)21-23-20-18-16-12-10-8-6-2/h5-21H2,1-4H3/q+1. The highest BCUT2D eigenvalue weighted by atomic mass is 32.2. The monoisotopic (exact) mass is 344 g/mol. The number of nitrogens with zero attached hydrogens (tertiary/aromatic N) is 1. The predicted molar refractivity (Wildman–Crippen MR) is 110 cm³/mol. The van der Waals surface area contributed by atoms with Gasteiger partial charge in [0.25, 0.3) is 0 Å². The van der Waals surface area contributed by atoms with Crippen molar-refractivity contribution in [1.29, 1.82) is 0 Å². The van der Waals surface area contributed by atoms with Crippen LogP contribution < -0.4 is 0 Å². The SMILES string of the molecule is CCCCCCCCCC[N+](C)(C)CSCCCCCCCC. The Morgan fingerprint density at radius 3 is 1.52 bits per heavy atom. The molecule has 0 spiro atoms. The Hall–Kier alpha value is 0.310. The minimum Gasteiger partial charge on any atom is -0.320 e. The van der Waals surface area contributed by atoms with Gasteiger partial charge in [0.1, 0.15) is 5.88 Å². The molecule has 23 heavy (non-hydrogen) atoms. The van der Waals surface area contributed by atoms with E-state index in [9.17, 15) is 0 Å². The molecule has 2 heteroatoms. The van der Waals surface area contributed by atoms with E-state index in [1.807, 2.05) is 0 Å². The molecule has 0 rings (SSSR count). The third-order valence-electron chi connectivity index (χ3n) is 4.70. The van der Waals surface area contributed by atoms with Gasteiger partial charge in [-0.2, -0.15) is 0 Å². The molecule has 0 aliphatic heterocycles. The lowest BCUT2D eigenvalue weighted by atomic mass is 10.1. The summed E-state index contributed by atoms with van der Waals surface area (Å²) in [5.74, 6) is 2.66. The lowest BCUT2D eigenvalue weighted by Crippen LogP contribution is -2.40. The lowest BCUT2D eigenvalue weighted by molar-refractivity contribution is -0.877. The van der Waals surface area contributed by atoms with Crippen molar-refractivity contribution >= 4 is 11.8 Å². The highest BCUT2D eigenvalue weighted by Crippen LogP contribution is 2.15. The van der Waals surface area contributed by atoms with Crippen molar-refractivity contribution in [3.8, 4) is 0 Å². The van der Waals surface area contributed by atoms with Crippen molar-refractivity contribution in [2.24, 2.45) is 0 Å². The second-order valence-electron chi connectivity index (χ2n) is 7.94. The average molecular weight is 345 g/mol. The third kappa shape index (κ3) is 18.5. The fourth-order valence-corrected chi connectivity index (χ4v) is 4.20. The molecule has 0 radical (unpaired) electrons. The first-order chi connectivity index (χ1) is 11.1. The van der Waals surface area contributed by atoms with Crippen molar-refractivity contribution in [1.82, 2.24) is 0 Å². The van der Waals surface area contributed by atoms with E-state index in [0.717, 1.165) is 0 Å². The predicted octanol–water partition coefficient (Wildman–Crippen LogP) is 7.25. The molecule has 0 N–H and O–H groups in total. The fraction of sp³-hybridized carbons (Fsp3) is 1.00. The Balaban J connectivity index is 3.33. The zero-order valence-electron chi connectivity index (χ0n) is 16.9. The molecule has 140 valence electrons. The van der Waals surface area contributed by atoms with Crippen LogP contribution in [0.2, 0.25) is 0 Å². The van der Waals surface area contributed by atoms with Crippen LogP contribution in [0.15, 0.2) is 0 Å². The number of thioether (sulfide) groups is 1. The molecule has 0 aromatic rings. The second kappa shape index (κ2) is 17.1. The van der Waals surface area contributed by atoms with Crippen LogP contribution in [0.3, 0.4) is 0 Å². The number of rotatable bonds is 18. The van der Waals surface area contributed by atoms with Gasteiger partial charge in [0.15, 0.2) is 0 Å². The van der Waals surface area contributed by atoms with E-state index in [-0.39, 0.29) is 0 Å². The van der Waals surface area contributed by atoms with E-state index in [4.69, 9.17) is 0 Å². The van der Waals surface area contributed by atoms with Crippen LogP contribution in [0.1, 0.15) is 104 Å². The van der Waals surface area contributed by atoms with Gasteiger partial charge in [-0.25, -0.2) is 0 Å². The number of hydrogen-bond donors (Lipinski definition) is 0. The number of unbranched alkanes of at least 4 members (excludes halogenated alkanes) is 12. The summed E-state index contributed by atoms with van der Waals surface area (Å²) in [6, 6.07) is 0. The summed E-state index contributed by atoms with van der Waals surface area (Å²) in [7, 11) is 4.82. The molecule has 0 heterocycles. The van der Waals surface area contributed by atoms with Crippen molar-refractivity contribution in [3.63, 3.8) is 0 Å². The van der Waals surface area contributed by atoms with Crippen molar-refractivity contribution < 1.29 is 4.48 Å². The molecule has 0 amide bonds. The zero-order chi connectivity index (χ0) is 17.2. The Morgan fingerprint density at radius 1 is 0.565 bits per heavy atom. The minimum absolute atomic E-state index is 1.20. The van der Waals surface area contributed by atoms with Gasteiger partial charge in [-0.15, -0.1) is 11.8 Å². The number of hydrogen-bond acceptors (Lipinski definition) is 1. The minimum atomic E-state index is 1.20. The Kier molecular flexibility index (Phi) is 17.4. The summed E-state index contributed by atoms with van der Waals surface area (Å²) in [6.07, 6.45) is 20.0. The molecule has 0 fully saturated rings. The first kappa shape index (κ1) is 23.3. The summed E-state index contributed by atoms with van der Waals surface area (Å²) < 4.78 is 1.20. The van der Waals surface area contributed by atoms with Crippen LogP contribution in [-0.2, 0) is 0 Å². The molecule has 1 nitrogen and oxygen atoms in total. The van der Waals surface area contributed by atoms with Crippen LogP contribution in [0, 0.1) is 0 Å². The summed E-state index contributed by atoms with van der Waals surface area (Å²) in [5.41, 5.74) is 0. The van der Waals surface area contributed by atoms with E-state index in [2.05, 4.69) is 39.7 Å². The summed E-state index contributed by atoms with van der Waals surface area (Å²) >= 11 is 2.17. The molecule has 0 aromatic heterocycles. The van der Waals surface area contributed by atoms with Crippen LogP contribution in [0.4, 0.5) is 0 Å². The molecule has 0 saturated heterocycles. The lowest BCUT2D eigenvalue weighted by Gasteiger charge is -2.29. The van der Waals surface area contributed by atoms with Crippen LogP contribution in [0.25, 0.3) is 0 Å². The van der Waals surface area contributed by atoms with E-state index >= 15 is 0 Å². The molecule has 0 aromatic carbocycles. The molecule has 0 bridgehead atoms. The van der Waals surface area contributed by atoms with E-state index in [1.54, 1.807) is 0 Å². The molecular formula is C21H46NS+. The van der Waals surface area contributed by atoms with E-state index in [0.29, 0.717) is 0 Å². The number of quaternary nitrogens is 1. The summed E-state index contributed by atoms with van der Waals surface area (Å²) in [4.78, 5) is 0. The highest BCUT2D eigenvalue weighted by Gasteiger charge is 2.13. The average Bonchev–Trinajstić information content (AvgIpc) is 2.52. The summed E-state index contributed by atoms with van der Waals surface area (Å²) in [5, 5.41) is 0. The first-order valence-corrected chi connectivity index (χ1v) is 11.7. The van der Waals surface area contributed by atoms with Gasteiger partial charge in [0, 0.05) is 0 Å². The molecule has 0 aliphatic carbocycles. The second-order valence-corrected chi connectivity index (χ2v) is 9.01. The first-order valence-electron chi connectivity index (χ1n) is 10.5. The molecule has 0 unspecified atom stereocenters. The largest absolute Gasteiger partial charge is 0.320 e. The van der Waals surface area contributed by atoms with Gasteiger partial charge < -0.3 is 4.48 Å². The normalized spacial score (nSPS) is 12.0. The van der Waals surface area contributed by atoms with Gasteiger partial charge in [-0.3, -0.25) is 0 Å². The van der Waals surface area contributed by atoms with Crippen molar-refractivity contribution in [2.45, 2.75) is 104 Å². The molecular weight excluding hydrogens is 298 g/mol. The maximum absolute atomic E-state index is 2.41. The van der Waals surface area contributed by atoms with Gasteiger partial charge in [-0.1, -0.05) is 84.5 Å². The zero-order valence-corrected chi connectivity index (χ0v) is 17.7. The Morgan fingerprint density at radius 2 is 1.00 bits per heavy atom. The van der Waals surface area contributed by atoms with Gasteiger partial charge in [-0.05, 0) is 25.0 Å². The van der Waals surface area contributed by atoms with Crippen molar-refractivity contribution in [2.75, 3.05) is 32.3 Å². The smallest absolute Gasteiger partial charge is 0.125 e. The topological polar surface area (TPSA) is 0 Å². The highest BCUT2D eigenvalue weighted by molar-refractivity contribution is 7.99. The Bertz CT molecular complexity index is 206. The van der Waals surface area contributed by atoms with Gasteiger partial charge >= 0.3 is 0 Å². The quantitative estimate of drug-likeness (QED) is 0.143. The van der Waals surface area contributed by atoms with Gasteiger partial charge in [0.2, 0.25) is 0 Å². The third-order valence-corrected chi connectivity index (χ3v) is 6.16. The fourth-order valence-electron chi connectivity index (χ4n) is 3.03. The molecule has 0 atom stereocenters. The molecule has 0 saturated carbocycles. The van der Waals surface area contributed by atoms with E-state index < -0.39 is 0 Å². The van der Waals surface area contributed by atoms with Crippen LogP contribution in [0.5, 0.6) is 0 Å². The van der Waals surface area contributed by atoms with Crippen LogP contribution >= 0.6 is 11.8 Å². The van der Waals surface area contributed by atoms with Crippen molar-refractivity contribution in [3.05, 3.63) is 0 Å². The van der Waals surface area contributed by atoms with E-state index in [1.165, 1.54) is 113 Å². The summed E-state index contributed by atoms with van der Waals surface area (Å²) in [6.45, 7) is 5.95. The van der Waals surface area contributed by atoms with Crippen LogP contribution in [-0.4, -0.2) is 36.8 Å². The Labute approximate surface area is 152 Å². The van der Waals surface area contributed by atoms with Gasteiger partial charge in [0.05, 0.1) is 20.6 Å². The maximum Gasteiger partial charge on any atom is 0.125 e. The maximum atomic E-state index is 2.41. The molecule has 0 aliphatic rings.